The van der Waals surface area contributed by atoms with Crippen LogP contribution in [-0.4, -0.2) is 13.6 Å². The van der Waals surface area contributed by atoms with E-state index in [1.807, 2.05) is 7.05 Å². The van der Waals surface area contributed by atoms with Gasteiger partial charge in [-0.2, -0.15) is 0 Å². The molecule has 0 rings (SSSR count). The lowest BCUT2D eigenvalue weighted by Crippen LogP contribution is -2.16. The van der Waals surface area contributed by atoms with Gasteiger partial charge in [-0.15, -0.1) is 0 Å². The minimum atomic E-state index is 0.850. The van der Waals surface area contributed by atoms with Crippen molar-refractivity contribution in [3.05, 3.63) is 0 Å². The van der Waals surface area contributed by atoms with E-state index in [-0.39, 0.29) is 0 Å². The van der Waals surface area contributed by atoms with Crippen molar-refractivity contribution in [3.63, 3.8) is 0 Å². The van der Waals surface area contributed by atoms with E-state index in [9.17, 15) is 0 Å². The van der Waals surface area contributed by atoms with Crippen molar-refractivity contribution < 1.29 is 0 Å². The second kappa shape index (κ2) is 6.66. The van der Waals surface area contributed by atoms with Crippen LogP contribution in [0.25, 0.3) is 0 Å². The molecule has 1 atom stereocenters. The molecule has 0 spiro atoms. The molecule has 0 aromatic rings. The molecule has 0 bridgehead atoms. The molecule has 0 radical (unpaired) electrons. The fourth-order valence-corrected chi connectivity index (χ4v) is 1.51. The SMILES string of the molecule is CCCC(CCNC)C(C)C. The van der Waals surface area contributed by atoms with Crippen molar-refractivity contribution in [2.75, 3.05) is 13.6 Å². The van der Waals surface area contributed by atoms with Crippen LogP contribution in [0.15, 0.2) is 0 Å². The van der Waals surface area contributed by atoms with Gasteiger partial charge in [-0.25, -0.2) is 0 Å². The third-order valence-electron chi connectivity index (χ3n) is 2.37. The van der Waals surface area contributed by atoms with Crippen molar-refractivity contribution in [3.8, 4) is 0 Å². The van der Waals surface area contributed by atoms with E-state index in [2.05, 4.69) is 26.1 Å². The Morgan fingerprint density at radius 3 is 2.18 bits per heavy atom. The molecule has 0 aromatic heterocycles. The molecule has 0 saturated carbocycles. The highest BCUT2D eigenvalue weighted by Gasteiger charge is 2.10. The number of nitrogens with one attached hydrogen (secondary N) is 1. The summed E-state index contributed by atoms with van der Waals surface area (Å²) in [6.45, 7) is 8.10. The van der Waals surface area contributed by atoms with Gasteiger partial charge in [0.2, 0.25) is 0 Å². The fourth-order valence-electron chi connectivity index (χ4n) is 1.51. The summed E-state index contributed by atoms with van der Waals surface area (Å²) in [5.74, 6) is 1.77. The van der Waals surface area contributed by atoms with E-state index in [0.29, 0.717) is 0 Å². The summed E-state index contributed by atoms with van der Waals surface area (Å²) in [5, 5.41) is 3.21. The molecule has 0 aliphatic heterocycles. The van der Waals surface area contributed by atoms with Crippen LogP contribution in [-0.2, 0) is 0 Å². The number of hydrogen-bond donors (Lipinski definition) is 1. The molecule has 0 fully saturated rings. The summed E-state index contributed by atoms with van der Waals surface area (Å²) in [7, 11) is 2.03. The quantitative estimate of drug-likeness (QED) is 0.625. The highest BCUT2D eigenvalue weighted by molar-refractivity contribution is 4.63. The minimum absolute atomic E-state index is 0.850. The summed E-state index contributed by atoms with van der Waals surface area (Å²) in [5.41, 5.74) is 0. The normalized spacial score (nSPS) is 13.9. The van der Waals surface area contributed by atoms with Crippen molar-refractivity contribution in [2.45, 2.75) is 40.0 Å². The van der Waals surface area contributed by atoms with Crippen LogP contribution in [0, 0.1) is 11.8 Å². The lowest BCUT2D eigenvalue weighted by molar-refractivity contribution is 0.331. The molecule has 0 aliphatic rings. The third-order valence-corrected chi connectivity index (χ3v) is 2.37. The summed E-state index contributed by atoms with van der Waals surface area (Å²) in [4.78, 5) is 0. The fraction of sp³-hybridized carbons (Fsp3) is 1.00. The maximum atomic E-state index is 3.21. The van der Waals surface area contributed by atoms with E-state index in [1.165, 1.54) is 25.8 Å². The molecule has 0 heterocycles. The van der Waals surface area contributed by atoms with E-state index in [0.717, 1.165) is 11.8 Å². The maximum Gasteiger partial charge on any atom is -0.00492 e. The van der Waals surface area contributed by atoms with Crippen molar-refractivity contribution in [1.29, 1.82) is 0 Å². The standard InChI is InChI=1S/C10H23N/c1-5-6-10(9(2)3)7-8-11-4/h9-11H,5-8H2,1-4H3. The van der Waals surface area contributed by atoms with Crippen LogP contribution in [0.5, 0.6) is 0 Å². The van der Waals surface area contributed by atoms with Crippen LogP contribution in [0.4, 0.5) is 0 Å². The van der Waals surface area contributed by atoms with Gasteiger partial charge in [0.15, 0.2) is 0 Å². The molecule has 0 amide bonds. The highest BCUT2D eigenvalue weighted by Crippen LogP contribution is 2.19. The Morgan fingerprint density at radius 2 is 1.82 bits per heavy atom. The molecular weight excluding hydrogens is 134 g/mol. The molecule has 1 unspecified atom stereocenters. The Balaban J connectivity index is 3.51. The Kier molecular flexibility index (Phi) is 6.63. The Labute approximate surface area is 71.6 Å². The third kappa shape index (κ3) is 5.25. The van der Waals surface area contributed by atoms with Crippen molar-refractivity contribution >= 4 is 0 Å². The average molecular weight is 157 g/mol. The second-order valence-corrected chi connectivity index (χ2v) is 3.69. The van der Waals surface area contributed by atoms with Crippen LogP contribution in [0.1, 0.15) is 40.0 Å². The number of hydrogen-bond acceptors (Lipinski definition) is 1. The second-order valence-electron chi connectivity index (χ2n) is 3.69. The largest absolute Gasteiger partial charge is 0.320 e. The Hall–Kier alpha value is -0.0400. The van der Waals surface area contributed by atoms with Gasteiger partial charge in [-0.1, -0.05) is 33.6 Å². The van der Waals surface area contributed by atoms with Crippen LogP contribution in [0.2, 0.25) is 0 Å². The highest BCUT2D eigenvalue weighted by atomic mass is 14.8. The topological polar surface area (TPSA) is 12.0 Å². The maximum absolute atomic E-state index is 3.21. The number of rotatable bonds is 6. The van der Waals surface area contributed by atoms with Gasteiger partial charge in [-0.05, 0) is 31.8 Å². The molecule has 11 heavy (non-hydrogen) atoms. The van der Waals surface area contributed by atoms with Gasteiger partial charge in [0, 0.05) is 0 Å². The molecular formula is C10H23N. The van der Waals surface area contributed by atoms with Gasteiger partial charge in [-0.3, -0.25) is 0 Å². The van der Waals surface area contributed by atoms with Gasteiger partial charge in [0.05, 0.1) is 0 Å². The zero-order valence-electron chi connectivity index (χ0n) is 8.48. The van der Waals surface area contributed by atoms with Crippen molar-refractivity contribution in [1.82, 2.24) is 5.32 Å². The lowest BCUT2D eigenvalue weighted by atomic mass is 9.88. The van der Waals surface area contributed by atoms with Gasteiger partial charge in [0.1, 0.15) is 0 Å². The zero-order chi connectivity index (χ0) is 8.69. The van der Waals surface area contributed by atoms with Gasteiger partial charge >= 0.3 is 0 Å². The average Bonchev–Trinajstić information content (AvgIpc) is 1.97. The molecule has 0 aliphatic carbocycles. The first-order valence-electron chi connectivity index (χ1n) is 4.87. The van der Waals surface area contributed by atoms with Crippen LogP contribution >= 0.6 is 0 Å². The first kappa shape index (κ1) is 11.0. The van der Waals surface area contributed by atoms with Crippen LogP contribution in [0.3, 0.4) is 0 Å². The summed E-state index contributed by atoms with van der Waals surface area (Å²) < 4.78 is 0. The Morgan fingerprint density at radius 1 is 1.18 bits per heavy atom. The molecule has 0 aromatic carbocycles. The molecule has 1 N–H and O–H groups in total. The molecule has 0 saturated heterocycles. The summed E-state index contributed by atoms with van der Waals surface area (Å²) in [6, 6.07) is 0. The summed E-state index contributed by atoms with van der Waals surface area (Å²) in [6.07, 6.45) is 4.05. The predicted molar refractivity (Wildman–Crippen MR) is 51.8 cm³/mol. The van der Waals surface area contributed by atoms with E-state index < -0.39 is 0 Å². The summed E-state index contributed by atoms with van der Waals surface area (Å²) >= 11 is 0. The van der Waals surface area contributed by atoms with E-state index >= 15 is 0 Å². The van der Waals surface area contributed by atoms with Gasteiger partial charge in [0.25, 0.3) is 0 Å². The monoisotopic (exact) mass is 157 g/mol. The molecule has 1 nitrogen and oxygen atoms in total. The zero-order valence-corrected chi connectivity index (χ0v) is 8.48. The van der Waals surface area contributed by atoms with Crippen molar-refractivity contribution in [2.24, 2.45) is 11.8 Å². The molecule has 1 heteroatoms. The predicted octanol–water partition coefficient (Wildman–Crippen LogP) is 2.67. The molecule has 68 valence electrons. The first-order chi connectivity index (χ1) is 5.22. The Bertz CT molecular complexity index is 78.9. The van der Waals surface area contributed by atoms with Gasteiger partial charge < -0.3 is 5.32 Å². The van der Waals surface area contributed by atoms with E-state index in [4.69, 9.17) is 0 Å². The van der Waals surface area contributed by atoms with Crippen LogP contribution < -0.4 is 5.32 Å². The minimum Gasteiger partial charge on any atom is -0.320 e. The van der Waals surface area contributed by atoms with E-state index in [1.54, 1.807) is 0 Å². The first-order valence-corrected chi connectivity index (χ1v) is 4.87. The lowest BCUT2D eigenvalue weighted by Gasteiger charge is -2.19. The smallest absolute Gasteiger partial charge is 0.00492 e.